The van der Waals surface area contributed by atoms with Crippen LogP contribution in [0.4, 0.5) is 0 Å². The topological polar surface area (TPSA) is 49.8 Å². The predicted octanol–water partition coefficient (Wildman–Crippen LogP) is 2.24. The number of aliphatic hydroxyl groups excluding tert-OH is 1. The van der Waals surface area contributed by atoms with Crippen molar-refractivity contribution in [1.29, 1.82) is 0 Å². The molecule has 5 heteroatoms. The number of β-lactam (4-membered cyclic amide) rings is 1. The van der Waals surface area contributed by atoms with Gasteiger partial charge in [-0.3, -0.25) is 4.79 Å². The summed E-state index contributed by atoms with van der Waals surface area (Å²) in [6.07, 6.45) is -0.0319. The van der Waals surface area contributed by atoms with Crippen LogP contribution in [-0.2, 0) is 9.22 Å². The lowest BCUT2D eigenvalue weighted by Crippen LogP contribution is -2.62. The Morgan fingerprint density at radius 1 is 1.42 bits per heavy atom. The lowest BCUT2D eigenvalue weighted by molar-refractivity contribution is -0.157. The van der Waals surface area contributed by atoms with E-state index in [1.54, 1.807) is 4.90 Å². The molecule has 0 aromatic rings. The molecular formula is C14H29NO3Si. The van der Waals surface area contributed by atoms with Crippen molar-refractivity contribution in [2.45, 2.75) is 64.9 Å². The average Bonchev–Trinajstić information content (AvgIpc) is 2.24. The molecule has 4 nitrogen and oxygen atoms in total. The number of amides is 1. The number of hydrogen-bond acceptors (Lipinski definition) is 3. The van der Waals surface area contributed by atoms with E-state index in [0.717, 1.165) is 0 Å². The van der Waals surface area contributed by atoms with E-state index < -0.39 is 8.32 Å². The van der Waals surface area contributed by atoms with E-state index in [-0.39, 0.29) is 35.6 Å². The zero-order valence-corrected chi connectivity index (χ0v) is 14.4. The molecule has 0 radical (unpaired) electrons. The highest BCUT2D eigenvalue weighted by Crippen LogP contribution is 2.39. The van der Waals surface area contributed by atoms with Crippen LogP contribution in [0.25, 0.3) is 0 Å². The van der Waals surface area contributed by atoms with Crippen LogP contribution in [0.1, 0.15) is 34.6 Å². The molecule has 1 aliphatic heterocycles. The first-order valence-electron chi connectivity index (χ1n) is 7.10. The molecule has 0 saturated carbocycles. The van der Waals surface area contributed by atoms with E-state index in [2.05, 4.69) is 33.9 Å². The maximum absolute atomic E-state index is 12.1. The molecule has 0 aromatic heterocycles. The van der Waals surface area contributed by atoms with Gasteiger partial charge >= 0.3 is 0 Å². The summed E-state index contributed by atoms with van der Waals surface area (Å²) in [4.78, 5) is 13.8. The fourth-order valence-electron chi connectivity index (χ4n) is 2.05. The summed E-state index contributed by atoms with van der Waals surface area (Å²) in [7, 11) is -1.82. The number of nitrogens with zero attached hydrogens (tertiary/aromatic N) is 1. The van der Waals surface area contributed by atoms with Crippen LogP contribution in [0.2, 0.25) is 18.1 Å². The van der Waals surface area contributed by atoms with Crippen molar-refractivity contribution in [3.05, 3.63) is 0 Å². The maximum Gasteiger partial charge on any atom is 0.230 e. The summed E-state index contributed by atoms with van der Waals surface area (Å²) >= 11 is 0. The van der Waals surface area contributed by atoms with E-state index in [9.17, 15) is 4.79 Å². The predicted molar refractivity (Wildman–Crippen MR) is 79.5 cm³/mol. The Bertz CT molecular complexity index is 338. The van der Waals surface area contributed by atoms with Crippen molar-refractivity contribution in [1.82, 2.24) is 4.90 Å². The van der Waals surface area contributed by atoms with Gasteiger partial charge in [0.15, 0.2) is 8.32 Å². The van der Waals surface area contributed by atoms with Crippen LogP contribution in [-0.4, -0.2) is 49.5 Å². The van der Waals surface area contributed by atoms with Crippen LogP contribution >= 0.6 is 0 Å². The van der Waals surface area contributed by atoms with Gasteiger partial charge in [0.25, 0.3) is 0 Å². The first-order valence-corrected chi connectivity index (χ1v) is 10.0. The Balaban J connectivity index is 2.59. The summed E-state index contributed by atoms with van der Waals surface area (Å²) in [6.45, 7) is 15.6. The SMILES string of the molecule is CC(CO)N1C[C@@H]([C@@H](C)O[Si](C)(C)C(C)(C)C)C1=O. The van der Waals surface area contributed by atoms with Gasteiger partial charge in [0.05, 0.1) is 24.7 Å². The van der Waals surface area contributed by atoms with Gasteiger partial charge in [-0.2, -0.15) is 0 Å². The smallest absolute Gasteiger partial charge is 0.230 e. The van der Waals surface area contributed by atoms with Crippen LogP contribution in [0.3, 0.4) is 0 Å². The Labute approximate surface area is 118 Å². The van der Waals surface area contributed by atoms with Gasteiger partial charge in [-0.25, -0.2) is 0 Å². The second kappa shape index (κ2) is 5.54. The van der Waals surface area contributed by atoms with E-state index in [4.69, 9.17) is 9.53 Å². The molecule has 1 aliphatic rings. The molecule has 1 fully saturated rings. The number of aliphatic hydroxyl groups is 1. The van der Waals surface area contributed by atoms with E-state index in [1.807, 2.05) is 13.8 Å². The fraction of sp³-hybridized carbons (Fsp3) is 0.929. The first-order chi connectivity index (χ1) is 8.51. The zero-order chi connectivity index (χ0) is 15.0. The molecule has 0 aromatic carbocycles. The summed E-state index contributed by atoms with van der Waals surface area (Å²) in [6, 6.07) is -0.0798. The Hall–Kier alpha value is -0.393. The monoisotopic (exact) mass is 287 g/mol. The largest absolute Gasteiger partial charge is 0.413 e. The van der Waals surface area contributed by atoms with Gasteiger partial charge in [0.2, 0.25) is 5.91 Å². The van der Waals surface area contributed by atoms with Gasteiger partial charge in [0, 0.05) is 6.54 Å². The maximum atomic E-state index is 12.1. The van der Waals surface area contributed by atoms with Crippen LogP contribution in [0.5, 0.6) is 0 Å². The molecule has 19 heavy (non-hydrogen) atoms. The first kappa shape index (κ1) is 16.7. The lowest BCUT2D eigenvalue weighted by Gasteiger charge is -2.47. The molecular weight excluding hydrogens is 258 g/mol. The molecule has 1 saturated heterocycles. The molecule has 0 bridgehead atoms. The normalized spacial score (nSPS) is 24.1. The minimum absolute atomic E-state index is 0.0237. The molecule has 1 unspecified atom stereocenters. The van der Waals surface area contributed by atoms with Crippen LogP contribution in [0.15, 0.2) is 0 Å². The number of carbonyl (C=O) groups excluding carboxylic acids is 1. The molecule has 1 N–H and O–H groups in total. The zero-order valence-electron chi connectivity index (χ0n) is 13.4. The summed E-state index contributed by atoms with van der Waals surface area (Å²) in [5.41, 5.74) is 0. The number of likely N-dealkylation sites (tertiary alicyclic amines) is 1. The van der Waals surface area contributed by atoms with Crippen molar-refractivity contribution < 1.29 is 14.3 Å². The third-order valence-corrected chi connectivity index (χ3v) is 9.22. The molecule has 112 valence electrons. The van der Waals surface area contributed by atoms with Crippen molar-refractivity contribution in [2.24, 2.45) is 5.92 Å². The molecule has 0 spiro atoms. The molecule has 0 aliphatic carbocycles. The quantitative estimate of drug-likeness (QED) is 0.623. The average molecular weight is 287 g/mol. The second-order valence-electron chi connectivity index (χ2n) is 7.21. The number of rotatable bonds is 5. The summed E-state index contributed by atoms with van der Waals surface area (Å²) in [5.74, 6) is 0.0795. The van der Waals surface area contributed by atoms with Gasteiger partial charge in [0.1, 0.15) is 0 Å². The van der Waals surface area contributed by atoms with Crippen LogP contribution < -0.4 is 0 Å². The van der Waals surface area contributed by atoms with Gasteiger partial charge < -0.3 is 14.4 Å². The van der Waals surface area contributed by atoms with E-state index in [1.165, 1.54) is 0 Å². The third-order valence-electron chi connectivity index (χ3n) is 4.64. The molecule has 1 heterocycles. The third kappa shape index (κ3) is 3.38. The van der Waals surface area contributed by atoms with Gasteiger partial charge in [-0.1, -0.05) is 20.8 Å². The summed E-state index contributed by atoms with van der Waals surface area (Å²) < 4.78 is 6.27. The van der Waals surface area contributed by atoms with E-state index >= 15 is 0 Å². The highest BCUT2D eigenvalue weighted by atomic mass is 28.4. The van der Waals surface area contributed by atoms with Crippen molar-refractivity contribution >= 4 is 14.2 Å². The second-order valence-corrected chi connectivity index (χ2v) is 12.0. The minimum atomic E-state index is -1.82. The molecule has 3 atom stereocenters. The Morgan fingerprint density at radius 2 is 1.95 bits per heavy atom. The van der Waals surface area contributed by atoms with Crippen LogP contribution in [0, 0.1) is 5.92 Å². The molecule has 1 rings (SSSR count). The highest BCUT2D eigenvalue weighted by Gasteiger charge is 2.46. The Morgan fingerprint density at radius 3 is 2.32 bits per heavy atom. The minimum Gasteiger partial charge on any atom is -0.413 e. The van der Waals surface area contributed by atoms with Gasteiger partial charge in [-0.05, 0) is 32.0 Å². The molecule has 1 amide bonds. The lowest BCUT2D eigenvalue weighted by atomic mass is 9.92. The standard InChI is InChI=1S/C14H29NO3Si/c1-10(9-16)15-8-12(13(15)17)11(2)18-19(6,7)14(3,4)5/h10-12,16H,8-9H2,1-7H3/t10?,11-,12+/m1/s1. The highest BCUT2D eigenvalue weighted by molar-refractivity contribution is 6.74. The fourth-order valence-corrected chi connectivity index (χ4v) is 3.50. The number of hydrogen-bond donors (Lipinski definition) is 1. The van der Waals surface area contributed by atoms with E-state index in [0.29, 0.717) is 6.54 Å². The summed E-state index contributed by atoms with van der Waals surface area (Å²) in [5, 5.41) is 9.25. The van der Waals surface area contributed by atoms with Gasteiger partial charge in [-0.15, -0.1) is 0 Å². The number of carbonyl (C=O) groups is 1. The van der Waals surface area contributed by atoms with Crippen molar-refractivity contribution in [3.8, 4) is 0 Å². The Kier molecular flexibility index (Phi) is 4.86. The van der Waals surface area contributed by atoms with Crippen molar-refractivity contribution in [3.63, 3.8) is 0 Å². The van der Waals surface area contributed by atoms with Crippen molar-refractivity contribution in [2.75, 3.05) is 13.2 Å².